The number of rotatable bonds is 4. The summed E-state index contributed by atoms with van der Waals surface area (Å²) in [5.41, 5.74) is 6.57. The van der Waals surface area contributed by atoms with Gasteiger partial charge in [-0.2, -0.15) is 5.11 Å². The van der Waals surface area contributed by atoms with Crippen LogP contribution in [0.2, 0.25) is 0 Å². The molecule has 1 aromatic heterocycles. The van der Waals surface area contributed by atoms with Crippen molar-refractivity contribution in [3.05, 3.63) is 47.9 Å². The van der Waals surface area contributed by atoms with Crippen LogP contribution in [0.15, 0.2) is 52.0 Å². The number of aliphatic imine (C=N–C) groups is 1. The Morgan fingerprint density at radius 2 is 2.10 bits per heavy atom. The third-order valence-corrected chi connectivity index (χ3v) is 5.04. The number of nitrogens with two attached hydrogens (primary N) is 1. The van der Waals surface area contributed by atoms with E-state index in [9.17, 15) is 9.59 Å². The first-order chi connectivity index (χ1) is 14.4. The molecule has 2 amide bonds. The molecule has 0 radical (unpaired) electrons. The van der Waals surface area contributed by atoms with Gasteiger partial charge in [0.05, 0.1) is 37.4 Å². The molecule has 2 aromatic rings. The summed E-state index contributed by atoms with van der Waals surface area (Å²) >= 11 is 0. The third kappa shape index (κ3) is 3.69. The number of anilines is 2. The first-order valence-electron chi connectivity index (χ1n) is 9.36. The van der Waals surface area contributed by atoms with Gasteiger partial charge in [0.25, 0.3) is 5.91 Å². The second-order valence-electron chi connectivity index (χ2n) is 7.25. The van der Waals surface area contributed by atoms with Crippen molar-refractivity contribution >= 4 is 29.3 Å². The number of benzene rings is 1. The Labute approximate surface area is 172 Å². The van der Waals surface area contributed by atoms with E-state index in [1.54, 1.807) is 30.3 Å². The standard InChI is InChI=1S/C19H21N9O2/c1-19(9-16(29)27(2)18(20)25-19)12-4-3-5-13(8-12)24-17(30)14-10-22-15(11-21-14)28-7-6-23-26-28/h3-5,8,10-11H,6-7,9H2,1-2H3,(H2,20,25)(H,24,30). The topological polar surface area (TPSA) is 142 Å². The zero-order valence-electron chi connectivity index (χ0n) is 16.6. The van der Waals surface area contributed by atoms with Crippen molar-refractivity contribution in [3.63, 3.8) is 0 Å². The van der Waals surface area contributed by atoms with Gasteiger partial charge in [-0.1, -0.05) is 17.4 Å². The van der Waals surface area contributed by atoms with Gasteiger partial charge in [0.15, 0.2) is 11.8 Å². The van der Waals surface area contributed by atoms with Crippen LogP contribution in [0.3, 0.4) is 0 Å². The molecule has 0 aliphatic carbocycles. The maximum atomic E-state index is 12.6. The number of guanidine groups is 1. The van der Waals surface area contributed by atoms with Crippen LogP contribution in [0.5, 0.6) is 0 Å². The average molecular weight is 407 g/mol. The van der Waals surface area contributed by atoms with Crippen LogP contribution in [0.4, 0.5) is 11.5 Å². The van der Waals surface area contributed by atoms with Crippen LogP contribution in [-0.4, -0.2) is 52.8 Å². The van der Waals surface area contributed by atoms with Crippen molar-refractivity contribution in [1.82, 2.24) is 14.9 Å². The van der Waals surface area contributed by atoms with E-state index in [2.05, 4.69) is 30.6 Å². The number of nitrogens with one attached hydrogen (secondary N) is 1. The highest BCUT2D eigenvalue weighted by molar-refractivity contribution is 6.03. The van der Waals surface area contributed by atoms with Gasteiger partial charge < -0.3 is 11.1 Å². The normalized spacial score (nSPS) is 21.0. The summed E-state index contributed by atoms with van der Waals surface area (Å²) < 4.78 is 0. The van der Waals surface area contributed by atoms with Crippen molar-refractivity contribution < 1.29 is 9.59 Å². The molecular formula is C19H21N9O2. The molecule has 11 nitrogen and oxygen atoms in total. The minimum atomic E-state index is -0.805. The molecule has 4 rings (SSSR count). The number of carbonyl (C=O) groups is 2. The van der Waals surface area contributed by atoms with Crippen LogP contribution >= 0.6 is 0 Å². The van der Waals surface area contributed by atoms with Gasteiger partial charge in [-0.3, -0.25) is 14.5 Å². The second-order valence-corrected chi connectivity index (χ2v) is 7.25. The first kappa shape index (κ1) is 19.4. The van der Waals surface area contributed by atoms with Crippen LogP contribution in [0.25, 0.3) is 0 Å². The highest BCUT2D eigenvalue weighted by Gasteiger charge is 2.36. The lowest BCUT2D eigenvalue weighted by molar-refractivity contribution is -0.128. The largest absolute Gasteiger partial charge is 0.369 e. The molecule has 0 saturated carbocycles. The Bertz CT molecular complexity index is 1050. The average Bonchev–Trinajstić information content (AvgIpc) is 3.27. The molecule has 0 saturated heterocycles. The van der Waals surface area contributed by atoms with Gasteiger partial charge in [-0.05, 0) is 24.6 Å². The van der Waals surface area contributed by atoms with Crippen LogP contribution in [-0.2, 0) is 10.3 Å². The molecule has 154 valence electrons. The van der Waals surface area contributed by atoms with Crippen molar-refractivity contribution in [2.45, 2.75) is 18.9 Å². The molecule has 1 unspecified atom stereocenters. The van der Waals surface area contributed by atoms with E-state index < -0.39 is 11.4 Å². The van der Waals surface area contributed by atoms with Crippen molar-refractivity contribution in [2.75, 3.05) is 30.5 Å². The summed E-state index contributed by atoms with van der Waals surface area (Å²) in [6, 6.07) is 7.17. The minimum Gasteiger partial charge on any atom is -0.369 e. The van der Waals surface area contributed by atoms with Gasteiger partial charge in [-0.15, -0.1) is 0 Å². The van der Waals surface area contributed by atoms with Gasteiger partial charge in [0.2, 0.25) is 5.91 Å². The maximum Gasteiger partial charge on any atom is 0.275 e. The summed E-state index contributed by atoms with van der Waals surface area (Å²) in [4.78, 5) is 39.0. The molecule has 2 aliphatic rings. The molecule has 3 N–H and O–H groups in total. The third-order valence-electron chi connectivity index (χ3n) is 5.04. The van der Waals surface area contributed by atoms with E-state index in [1.807, 2.05) is 13.0 Å². The molecule has 30 heavy (non-hydrogen) atoms. The molecule has 0 bridgehead atoms. The minimum absolute atomic E-state index is 0.118. The number of amides is 2. The molecule has 2 aliphatic heterocycles. The SMILES string of the molecule is CN1C(=O)CC(C)(c2cccc(NC(=O)c3cnc(N4CCN=N4)cn3)c2)N=C1N. The fourth-order valence-electron chi connectivity index (χ4n) is 3.24. The van der Waals surface area contributed by atoms with Crippen molar-refractivity contribution in [3.8, 4) is 0 Å². The Morgan fingerprint density at radius 3 is 2.77 bits per heavy atom. The summed E-state index contributed by atoms with van der Waals surface area (Å²) in [5.74, 6) is 0.176. The molecule has 0 fully saturated rings. The summed E-state index contributed by atoms with van der Waals surface area (Å²) in [6.07, 6.45) is 3.06. The van der Waals surface area contributed by atoms with Crippen molar-refractivity contribution in [1.29, 1.82) is 0 Å². The molecule has 1 aromatic carbocycles. The van der Waals surface area contributed by atoms with E-state index in [1.165, 1.54) is 17.3 Å². The van der Waals surface area contributed by atoms with Gasteiger partial charge in [-0.25, -0.2) is 20.0 Å². The number of aromatic nitrogens is 2. The Hall–Kier alpha value is -3.89. The number of carbonyl (C=O) groups excluding carboxylic acids is 2. The molecule has 1 atom stereocenters. The zero-order valence-corrected chi connectivity index (χ0v) is 16.6. The summed E-state index contributed by atoms with van der Waals surface area (Å²) in [5, 5.41) is 12.2. The zero-order chi connectivity index (χ0) is 21.3. The Kier molecular flexibility index (Phi) is 4.86. The van der Waals surface area contributed by atoms with E-state index in [0.29, 0.717) is 24.6 Å². The molecule has 3 heterocycles. The van der Waals surface area contributed by atoms with Crippen LogP contribution < -0.4 is 16.1 Å². The Morgan fingerprint density at radius 1 is 1.27 bits per heavy atom. The van der Waals surface area contributed by atoms with Gasteiger partial charge in [0, 0.05) is 12.7 Å². The highest BCUT2D eigenvalue weighted by atomic mass is 16.2. The van der Waals surface area contributed by atoms with Crippen molar-refractivity contribution in [2.24, 2.45) is 21.1 Å². The van der Waals surface area contributed by atoms with E-state index in [-0.39, 0.29) is 24.0 Å². The Balaban J connectivity index is 1.51. The van der Waals surface area contributed by atoms with E-state index >= 15 is 0 Å². The summed E-state index contributed by atoms with van der Waals surface area (Å²) in [6.45, 7) is 3.08. The number of nitrogens with zero attached hydrogens (tertiary/aromatic N) is 7. The molecule has 0 spiro atoms. The lowest BCUT2D eigenvalue weighted by atomic mass is 9.87. The highest BCUT2D eigenvalue weighted by Crippen LogP contribution is 2.34. The van der Waals surface area contributed by atoms with Crippen LogP contribution in [0.1, 0.15) is 29.4 Å². The first-order valence-corrected chi connectivity index (χ1v) is 9.36. The second kappa shape index (κ2) is 7.50. The maximum absolute atomic E-state index is 12.6. The lowest BCUT2D eigenvalue weighted by Gasteiger charge is -2.33. The predicted octanol–water partition coefficient (Wildman–Crippen LogP) is 1.31. The number of hydrogen-bond acceptors (Lipinski definition) is 9. The fraction of sp³-hybridized carbons (Fsp3) is 0.316. The summed E-state index contributed by atoms with van der Waals surface area (Å²) in [7, 11) is 1.59. The van der Waals surface area contributed by atoms with Gasteiger partial charge >= 0.3 is 0 Å². The van der Waals surface area contributed by atoms with E-state index in [4.69, 9.17) is 5.73 Å². The monoisotopic (exact) mass is 407 g/mol. The van der Waals surface area contributed by atoms with E-state index in [0.717, 1.165) is 5.56 Å². The quantitative estimate of drug-likeness (QED) is 0.782. The fourth-order valence-corrected chi connectivity index (χ4v) is 3.24. The molecule has 11 heteroatoms. The predicted molar refractivity (Wildman–Crippen MR) is 110 cm³/mol. The van der Waals surface area contributed by atoms with Crippen LogP contribution in [0, 0.1) is 0 Å². The molecular weight excluding hydrogens is 386 g/mol. The van der Waals surface area contributed by atoms with Gasteiger partial charge in [0.1, 0.15) is 5.69 Å². The number of hydrogen-bond donors (Lipinski definition) is 2. The lowest BCUT2D eigenvalue weighted by Crippen LogP contribution is -2.47. The smallest absolute Gasteiger partial charge is 0.275 e.